The Hall–Kier alpha value is -2.14. The first kappa shape index (κ1) is 16.7. The van der Waals surface area contributed by atoms with Crippen LogP contribution in [0.15, 0.2) is 41.8 Å². The highest BCUT2D eigenvalue weighted by molar-refractivity contribution is 7.12. The molecule has 0 spiro atoms. The van der Waals surface area contributed by atoms with Crippen LogP contribution in [0.2, 0.25) is 0 Å². The molecule has 5 heteroatoms. The lowest BCUT2D eigenvalue weighted by atomic mass is 9.86. The summed E-state index contributed by atoms with van der Waals surface area (Å²) in [5.74, 6) is 0.371. The molecule has 3 rings (SSSR count). The third-order valence-corrected chi connectivity index (χ3v) is 5.45. The van der Waals surface area contributed by atoms with Crippen molar-refractivity contribution in [2.45, 2.75) is 38.6 Å². The molecule has 1 heterocycles. The largest absolute Gasteiger partial charge is 0.349 e. The van der Waals surface area contributed by atoms with Crippen LogP contribution >= 0.6 is 11.3 Å². The highest BCUT2D eigenvalue weighted by atomic mass is 32.1. The molecule has 0 aliphatic heterocycles. The molecule has 0 bridgehead atoms. The van der Waals surface area contributed by atoms with Gasteiger partial charge in [0.1, 0.15) is 0 Å². The van der Waals surface area contributed by atoms with Gasteiger partial charge in [0.2, 0.25) is 0 Å². The SMILES string of the molecule is CC1CCCCC1NC(=O)c1ccc(NC(=O)c2cccs2)cc1. The standard InChI is InChI=1S/C19H22N2O2S/c1-13-5-2-3-6-16(13)21-18(22)14-8-10-15(11-9-14)20-19(23)17-7-4-12-24-17/h4,7-13,16H,2-3,5-6H2,1H3,(H,20,23)(H,21,22). The van der Waals surface area contributed by atoms with Gasteiger partial charge in [-0.3, -0.25) is 9.59 Å². The zero-order valence-corrected chi connectivity index (χ0v) is 14.6. The number of amides is 2. The van der Waals surface area contributed by atoms with E-state index < -0.39 is 0 Å². The molecular weight excluding hydrogens is 320 g/mol. The molecular formula is C19H22N2O2S. The van der Waals surface area contributed by atoms with Crippen LogP contribution in [0.25, 0.3) is 0 Å². The van der Waals surface area contributed by atoms with Crippen molar-refractivity contribution in [3.8, 4) is 0 Å². The molecule has 1 aliphatic rings. The van der Waals surface area contributed by atoms with Crippen molar-refractivity contribution in [2.75, 3.05) is 5.32 Å². The van der Waals surface area contributed by atoms with Crippen molar-refractivity contribution in [1.29, 1.82) is 0 Å². The maximum absolute atomic E-state index is 12.4. The fourth-order valence-electron chi connectivity index (χ4n) is 3.09. The minimum atomic E-state index is -0.127. The lowest BCUT2D eigenvalue weighted by Gasteiger charge is -2.29. The highest BCUT2D eigenvalue weighted by Crippen LogP contribution is 2.24. The number of hydrogen-bond donors (Lipinski definition) is 2. The summed E-state index contributed by atoms with van der Waals surface area (Å²) < 4.78 is 0. The van der Waals surface area contributed by atoms with E-state index in [1.807, 2.05) is 11.4 Å². The minimum Gasteiger partial charge on any atom is -0.349 e. The quantitative estimate of drug-likeness (QED) is 0.870. The highest BCUT2D eigenvalue weighted by Gasteiger charge is 2.23. The van der Waals surface area contributed by atoms with Crippen LogP contribution in [-0.4, -0.2) is 17.9 Å². The number of carbonyl (C=O) groups is 2. The summed E-state index contributed by atoms with van der Waals surface area (Å²) in [5.41, 5.74) is 1.32. The van der Waals surface area contributed by atoms with Gasteiger partial charge in [0.05, 0.1) is 4.88 Å². The summed E-state index contributed by atoms with van der Waals surface area (Å²) in [7, 11) is 0. The Morgan fingerprint density at radius 3 is 2.46 bits per heavy atom. The molecule has 0 radical (unpaired) electrons. The second-order valence-electron chi connectivity index (χ2n) is 6.35. The average Bonchev–Trinajstić information content (AvgIpc) is 3.12. The number of carbonyl (C=O) groups excluding carboxylic acids is 2. The predicted molar refractivity (Wildman–Crippen MR) is 97.6 cm³/mol. The van der Waals surface area contributed by atoms with E-state index in [0.29, 0.717) is 22.0 Å². The topological polar surface area (TPSA) is 58.2 Å². The van der Waals surface area contributed by atoms with Crippen molar-refractivity contribution in [1.82, 2.24) is 5.32 Å². The first-order valence-electron chi connectivity index (χ1n) is 8.39. The lowest BCUT2D eigenvalue weighted by molar-refractivity contribution is 0.0910. The normalized spacial score (nSPS) is 20.4. The maximum Gasteiger partial charge on any atom is 0.265 e. The molecule has 1 saturated carbocycles. The third kappa shape index (κ3) is 4.03. The fraction of sp³-hybridized carbons (Fsp3) is 0.368. The number of anilines is 1. The van der Waals surface area contributed by atoms with Gasteiger partial charge in [0.25, 0.3) is 11.8 Å². The summed E-state index contributed by atoms with van der Waals surface area (Å²) in [6.07, 6.45) is 4.68. The predicted octanol–water partition coefficient (Wildman–Crippen LogP) is 4.31. The molecule has 1 fully saturated rings. The van der Waals surface area contributed by atoms with Gasteiger partial charge in [0.15, 0.2) is 0 Å². The Bertz CT molecular complexity index is 695. The number of benzene rings is 1. The van der Waals surface area contributed by atoms with Crippen LogP contribution in [0.1, 0.15) is 52.6 Å². The third-order valence-electron chi connectivity index (χ3n) is 4.58. The van der Waals surface area contributed by atoms with Crippen molar-refractivity contribution in [3.05, 3.63) is 52.2 Å². The maximum atomic E-state index is 12.4. The molecule has 1 aromatic carbocycles. The van der Waals surface area contributed by atoms with Gasteiger partial charge >= 0.3 is 0 Å². The first-order valence-corrected chi connectivity index (χ1v) is 9.27. The van der Waals surface area contributed by atoms with Gasteiger partial charge in [-0.1, -0.05) is 25.8 Å². The zero-order valence-electron chi connectivity index (χ0n) is 13.7. The molecule has 1 aromatic heterocycles. The van der Waals surface area contributed by atoms with E-state index in [1.54, 1.807) is 30.3 Å². The van der Waals surface area contributed by atoms with Crippen LogP contribution in [0.3, 0.4) is 0 Å². The zero-order chi connectivity index (χ0) is 16.9. The van der Waals surface area contributed by atoms with Gasteiger partial charge in [-0.2, -0.15) is 0 Å². The first-order chi connectivity index (χ1) is 11.6. The molecule has 2 amide bonds. The van der Waals surface area contributed by atoms with E-state index in [2.05, 4.69) is 17.6 Å². The Balaban J connectivity index is 1.59. The van der Waals surface area contributed by atoms with Crippen LogP contribution in [0, 0.1) is 5.92 Å². The summed E-state index contributed by atoms with van der Waals surface area (Å²) >= 11 is 1.40. The molecule has 24 heavy (non-hydrogen) atoms. The van der Waals surface area contributed by atoms with Crippen molar-refractivity contribution in [2.24, 2.45) is 5.92 Å². The minimum absolute atomic E-state index is 0.0371. The van der Waals surface area contributed by atoms with E-state index in [-0.39, 0.29) is 17.9 Å². The van der Waals surface area contributed by atoms with Crippen LogP contribution in [-0.2, 0) is 0 Å². The monoisotopic (exact) mass is 342 g/mol. The Morgan fingerprint density at radius 2 is 1.79 bits per heavy atom. The smallest absolute Gasteiger partial charge is 0.265 e. The van der Waals surface area contributed by atoms with Gasteiger partial charge in [-0.05, 0) is 54.5 Å². The van der Waals surface area contributed by atoms with E-state index in [9.17, 15) is 9.59 Å². The second kappa shape index (κ2) is 7.62. The van der Waals surface area contributed by atoms with Crippen molar-refractivity contribution >= 4 is 28.8 Å². The summed E-state index contributed by atoms with van der Waals surface area (Å²) in [6, 6.07) is 11.0. The van der Waals surface area contributed by atoms with Gasteiger partial charge in [0, 0.05) is 17.3 Å². The van der Waals surface area contributed by atoms with E-state index in [4.69, 9.17) is 0 Å². The molecule has 0 saturated heterocycles. The number of hydrogen-bond acceptors (Lipinski definition) is 3. The van der Waals surface area contributed by atoms with E-state index in [1.165, 1.54) is 30.6 Å². The molecule has 2 N–H and O–H groups in total. The van der Waals surface area contributed by atoms with E-state index in [0.717, 1.165) is 6.42 Å². The van der Waals surface area contributed by atoms with Gasteiger partial charge in [-0.25, -0.2) is 0 Å². The Morgan fingerprint density at radius 1 is 1.04 bits per heavy atom. The van der Waals surface area contributed by atoms with Gasteiger partial charge < -0.3 is 10.6 Å². The average molecular weight is 342 g/mol. The number of thiophene rings is 1. The van der Waals surface area contributed by atoms with Crippen LogP contribution in [0.5, 0.6) is 0 Å². The number of nitrogens with one attached hydrogen (secondary N) is 2. The molecule has 2 unspecified atom stereocenters. The second-order valence-corrected chi connectivity index (χ2v) is 7.30. The lowest BCUT2D eigenvalue weighted by Crippen LogP contribution is -2.41. The molecule has 126 valence electrons. The Labute approximate surface area is 146 Å². The summed E-state index contributed by atoms with van der Waals surface area (Å²) in [6.45, 7) is 2.20. The molecule has 4 nitrogen and oxygen atoms in total. The van der Waals surface area contributed by atoms with Crippen molar-refractivity contribution in [3.63, 3.8) is 0 Å². The van der Waals surface area contributed by atoms with E-state index >= 15 is 0 Å². The van der Waals surface area contributed by atoms with Crippen LogP contribution < -0.4 is 10.6 Å². The molecule has 2 atom stereocenters. The number of rotatable bonds is 4. The fourth-order valence-corrected chi connectivity index (χ4v) is 3.71. The Kier molecular flexibility index (Phi) is 5.30. The molecule has 1 aliphatic carbocycles. The van der Waals surface area contributed by atoms with Crippen molar-refractivity contribution < 1.29 is 9.59 Å². The van der Waals surface area contributed by atoms with Crippen LogP contribution in [0.4, 0.5) is 5.69 Å². The summed E-state index contributed by atoms with van der Waals surface area (Å²) in [5, 5.41) is 7.85. The van der Waals surface area contributed by atoms with Gasteiger partial charge in [-0.15, -0.1) is 11.3 Å². The summed E-state index contributed by atoms with van der Waals surface area (Å²) in [4.78, 5) is 25.1. The molecule has 2 aromatic rings.